The van der Waals surface area contributed by atoms with Crippen LogP contribution in [0.5, 0.6) is 0 Å². The van der Waals surface area contributed by atoms with E-state index < -0.39 is 5.97 Å². The molecule has 1 atom stereocenters. The number of nitrogens with zero attached hydrogens (tertiary/aromatic N) is 2. The van der Waals surface area contributed by atoms with E-state index in [1.807, 2.05) is 47.8 Å². The van der Waals surface area contributed by atoms with Gasteiger partial charge in [-0.2, -0.15) is 5.10 Å². The van der Waals surface area contributed by atoms with E-state index >= 15 is 0 Å². The molecule has 4 rings (SSSR count). The van der Waals surface area contributed by atoms with E-state index in [0.29, 0.717) is 12.2 Å². The number of nitrogens with one attached hydrogen (secondary N) is 1. The van der Waals surface area contributed by atoms with E-state index in [2.05, 4.69) is 10.4 Å². The number of thiophene rings is 1. The fourth-order valence-corrected chi connectivity index (χ4v) is 3.81. The second-order valence-corrected chi connectivity index (χ2v) is 7.60. The van der Waals surface area contributed by atoms with Gasteiger partial charge in [0.2, 0.25) is 0 Å². The highest BCUT2D eigenvalue weighted by Gasteiger charge is 2.21. The van der Waals surface area contributed by atoms with Gasteiger partial charge in [0.1, 0.15) is 5.69 Å². The van der Waals surface area contributed by atoms with Crippen molar-refractivity contribution in [2.75, 3.05) is 19.8 Å². The van der Waals surface area contributed by atoms with Gasteiger partial charge in [0, 0.05) is 19.2 Å². The molecule has 0 saturated carbocycles. The number of carbonyl (C=O) groups is 2. The number of carbonyl (C=O) groups excluding carboxylic acids is 2. The molecule has 1 aliphatic rings. The van der Waals surface area contributed by atoms with Gasteiger partial charge in [-0.3, -0.25) is 4.79 Å². The fourth-order valence-electron chi connectivity index (χ4n) is 3.13. The zero-order chi connectivity index (χ0) is 20.1. The lowest BCUT2D eigenvalue weighted by molar-refractivity contribution is -0.124. The van der Waals surface area contributed by atoms with E-state index in [1.165, 1.54) is 11.3 Å². The molecule has 1 aliphatic heterocycles. The Bertz CT molecular complexity index is 963. The summed E-state index contributed by atoms with van der Waals surface area (Å²) in [6, 6.07) is 14.9. The molecule has 3 aromatic rings. The van der Waals surface area contributed by atoms with Crippen molar-refractivity contribution in [3.05, 3.63) is 59.6 Å². The van der Waals surface area contributed by atoms with Crippen molar-refractivity contribution in [1.82, 2.24) is 15.1 Å². The molecular formula is C21H21N3O4S. The molecule has 3 heterocycles. The van der Waals surface area contributed by atoms with Gasteiger partial charge in [0.25, 0.3) is 5.91 Å². The first kappa shape index (κ1) is 19.4. The summed E-state index contributed by atoms with van der Waals surface area (Å²) in [5.74, 6) is -0.950. The van der Waals surface area contributed by atoms with Crippen molar-refractivity contribution in [3.63, 3.8) is 0 Å². The van der Waals surface area contributed by atoms with Crippen LogP contribution in [0, 0.1) is 0 Å². The highest BCUT2D eigenvalue weighted by atomic mass is 32.1. The lowest BCUT2D eigenvalue weighted by atomic mass is 10.2. The molecule has 7 nitrogen and oxygen atoms in total. The highest BCUT2D eigenvalue weighted by molar-refractivity contribution is 7.13. The summed E-state index contributed by atoms with van der Waals surface area (Å²) in [5, 5.41) is 9.26. The Labute approximate surface area is 172 Å². The third kappa shape index (κ3) is 4.72. The van der Waals surface area contributed by atoms with Gasteiger partial charge in [-0.25, -0.2) is 9.48 Å². The predicted molar refractivity (Wildman–Crippen MR) is 109 cm³/mol. The summed E-state index contributed by atoms with van der Waals surface area (Å²) in [4.78, 5) is 25.7. The van der Waals surface area contributed by atoms with Crippen LogP contribution in [0.3, 0.4) is 0 Å². The molecule has 1 fully saturated rings. The predicted octanol–water partition coefficient (Wildman–Crippen LogP) is 3.05. The lowest BCUT2D eigenvalue weighted by Crippen LogP contribution is -2.35. The van der Waals surface area contributed by atoms with Gasteiger partial charge in [-0.1, -0.05) is 24.3 Å². The van der Waals surface area contributed by atoms with Gasteiger partial charge in [0.15, 0.2) is 12.3 Å². The topological polar surface area (TPSA) is 82.5 Å². The van der Waals surface area contributed by atoms with Crippen molar-refractivity contribution in [2.45, 2.75) is 18.9 Å². The van der Waals surface area contributed by atoms with E-state index in [0.717, 1.165) is 30.0 Å². The Morgan fingerprint density at radius 2 is 2.10 bits per heavy atom. The smallest absolute Gasteiger partial charge is 0.357 e. The highest BCUT2D eigenvalue weighted by Crippen LogP contribution is 2.26. The van der Waals surface area contributed by atoms with Gasteiger partial charge in [-0.05, 0) is 36.4 Å². The quantitative estimate of drug-likeness (QED) is 0.604. The van der Waals surface area contributed by atoms with Gasteiger partial charge in [0.05, 0.1) is 16.7 Å². The second kappa shape index (κ2) is 9.02. The molecule has 8 heteroatoms. The normalized spacial score (nSPS) is 15.9. The number of esters is 1. The number of para-hydroxylation sites is 1. The maximum atomic E-state index is 12.7. The first-order chi connectivity index (χ1) is 14.2. The molecule has 1 amide bonds. The van der Waals surface area contributed by atoms with Crippen molar-refractivity contribution < 1.29 is 19.1 Å². The minimum atomic E-state index is -0.601. The van der Waals surface area contributed by atoms with E-state index in [9.17, 15) is 9.59 Å². The molecule has 29 heavy (non-hydrogen) atoms. The van der Waals surface area contributed by atoms with Crippen LogP contribution >= 0.6 is 11.3 Å². The first-order valence-corrected chi connectivity index (χ1v) is 10.3. The molecule has 2 aromatic heterocycles. The number of hydrogen-bond acceptors (Lipinski definition) is 6. The number of benzene rings is 1. The molecular weight excluding hydrogens is 390 g/mol. The minimum absolute atomic E-state index is 0.0440. The zero-order valence-corrected chi connectivity index (χ0v) is 16.6. The van der Waals surface area contributed by atoms with Crippen molar-refractivity contribution in [2.24, 2.45) is 0 Å². The first-order valence-electron chi connectivity index (χ1n) is 9.45. The van der Waals surface area contributed by atoms with Gasteiger partial charge >= 0.3 is 5.97 Å². The van der Waals surface area contributed by atoms with Gasteiger partial charge in [-0.15, -0.1) is 11.3 Å². The second-order valence-electron chi connectivity index (χ2n) is 6.65. The Balaban J connectivity index is 1.46. The number of amides is 1. The monoisotopic (exact) mass is 411 g/mol. The van der Waals surface area contributed by atoms with Crippen LogP contribution < -0.4 is 5.32 Å². The van der Waals surface area contributed by atoms with Gasteiger partial charge < -0.3 is 14.8 Å². The van der Waals surface area contributed by atoms with Crippen LogP contribution in [-0.2, 0) is 14.3 Å². The Kier molecular flexibility index (Phi) is 6.02. The van der Waals surface area contributed by atoms with Crippen LogP contribution in [0.15, 0.2) is 53.9 Å². The summed E-state index contributed by atoms with van der Waals surface area (Å²) >= 11 is 1.54. The molecule has 1 aromatic carbocycles. The Morgan fingerprint density at radius 3 is 2.83 bits per heavy atom. The van der Waals surface area contributed by atoms with Crippen molar-refractivity contribution in [1.29, 1.82) is 0 Å². The number of ether oxygens (including phenoxy) is 2. The molecule has 0 unspecified atom stereocenters. The Hall–Kier alpha value is -2.97. The van der Waals surface area contributed by atoms with Crippen molar-refractivity contribution in [3.8, 4) is 16.3 Å². The third-order valence-electron chi connectivity index (χ3n) is 4.58. The molecule has 0 bridgehead atoms. The van der Waals surface area contributed by atoms with E-state index in [-0.39, 0.29) is 24.3 Å². The average molecular weight is 411 g/mol. The van der Waals surface area contributed by atoms with Crippen LogP contribution in [0.25, 0.3) is 16.3 Å². The number of rotatable bonds is 7. The fraction of sp³-hybridized carbons (Fsp3) is 0.286. The summed E-state index contributed by atoms with van der Waals surface area (Å²) in [5.41, 5.74) is 1.69. The molecule has 1 N–H and O–H groups in total. The van der Waals surface area contributed by atoms with E-state index in [4.69, 9.17) is 9.47 Å². The minimum Gasteiger partial charge on any atom is -0.451 e. The zero-order valence-electron chi connectivity index (χ0n) is 15.7. The van der Waals surface area contributed by atoms with Crippen LogP contribution in [-0.4, -0.2) is 47.5 Å². The van der Waals surface area contributed by atoms with Crippen LogP contribution in [0.4, 0.5) is 0 Å². The summed E-state index contributed by atoms with van der Waals surface area (Å²) in [6.45, 7) is 0.812. The summed E-state index contributed by atoms with van der Waals surface area (Å²) in [7, 11) is 0. The van der Waals surface area contributed by atoms with Crippen molar-refractivity contribution >= 4 is 23.2 Å². The van der Waals surface area contributed by atoms with Crippen LogP contribution in [0.1, 0.15) is 23.3 Å². The largest absolute Gasteiger partial charge is 0.451 e. The maximum absolute atomic E-state index is 12.7. The maximum Gasteiger partial charge on any atom is 0.357 e. The third-order valence-corrected chi connectivity index (χ3v) is 5.47. The standard InChI is InChI=1S/C21H21N3O4S/c25-20(22-13-16-8-4-10-27-16)14-28-21(26)18-12-17(19-9-5-11-29-19)23-24(18)15-6-2-1-3-7-15/h1-3,5-7,9,11-12,16H,4,8,10,13-14H2,(H,22,25)/t16-/m1/s1. The summed E-state index contributed by atoms with van der Waals surface area (Å²) < 4.78 is 12.3. The molecule has 0 spiro atoms. The number of hydrogen-bond donors (Lipinski definition) is 1. The Morgan fingerprint density at radius 1 is 1.24 bits per heavy atom. The lowest BCUT2D eigenvalue weighted by Gasteiger charge is -2.11. The SMILES string of the molecule is O=C(COC(=O)c1cc(-c2cccs2)nn1-c1ccccc1)NC[C@H]1CCCO1. The molecule has 0 aliphatic carbocycles. The summed E-state index contributed by atoms with van der Waals surface area (Å²) in [6.07, 6.45) is 1.98. The average Bonchev–Trinajstić information content (AvgIpc) is 3.51. The van der Waals surface area contributed by atoms with E-state index in [1.54, 1.807) is 10.7 Å². The molecule has 1 saturated heterocycles. The number of aromatic nitrogens is 2. The van der Waals surface area contributed by atoms with Crippen LogP contribution in [0.2, 0.25) is 0 Å². The molecule has 0 radical (unpaired) electrons. The molecule has 150 valence electrons.